The van der Waals surface area contributed by atoms with Crippen LogP contribution in [0, 0.1) is 13.8 Å². The van der Waals surface area contributed by atoms with E-state index in [1.165, 1.54) is 0 Å². The van der Waals surface area contributed by atoms with Crippen molar-refractivity contribution in [2.24, 2.45) is 0 Å². The molecule has 2 aromatic rings. The summed E-state index contributed by atoms with van der Waals surface area (Å²) in [5.74, 6) is -0.0817. The number of carbonyl (C=O) groups excluding carboxylic acids is 1. The molecule has 0 spiro atoms. The molecule has 0 fully saturated rings. The molecule has 2 aromatic carbocycles. The highest BCUT2D eigenvalue weighted by molar-refractivity contribution is 9.10. The zero-order valence-electron chi connectivity index (χ0n) is 11.4. The first-order valence-corrected chi connectivity index (χ1v) is 8.33. The van der Waals surface area contributed by atoms with Crippen LogP contribution in [0.2, 0.25) is 0 Å². The van der Waals surface area contributed by atoms with Crippen LogP contribution in [-0.2, 0) is 10.8 Å². The molecule has 0 saturated carbocycles. The Labute approximate surface area is 129 Å². The minimum Gasteiger partial charge on any atom is -0.293 e. The van der Waals surface area contributed by atoms with Crippen molar-refractivity contribution in [1.82, 2.24) is 0 Å². The summed E-state index contributed by atoms with van der Waals surface area (Å²) in [6.45, 7) is 3.91. The van der Waals surface area contributed by atoms with Crippen molar-refractivity contribution in [2.45, 2.75) is 18.7 Å². The second-order valence-corrected chi connectivity index (χ2v) is 7.02. The van der Waals surface area contributed by atoms with Crippen molar-refractivity contribution < 1.29 is 9.00 Å². The quantitative estimate of drug-likeness (QED) is 0.779. The van der Waals surface area contributed by atoms with Crippen molar-refractivity contribution in [3.63, 3.8) is 0 Å². The fraction of sp³-hybridized carbons (Fsp3) is 0.188. The van der Waals surface area contributed by atoms with Crippen LogP contribution < -0.4 is 0 Å². The molecule has 0 aliphatic carbocycles. The summed E-state index contributed by atoms with van der Waals surface area (Å²) in [7, 11) is -1.30. The number of hydrogen-bond acceptors (Lipinski definition) is 2. The Morgan fingerprint density at radius 1 is 1.10 bits per heavy atom. The van der Waals surface area contributed by atoms with E-state index in [1.807, 2.05) is 44.2 Å². The zero-order valence-corrected chi connectivity index (χ0v) is 13.8. The van der Waals surface area contributed by atoms with Crippen molar-refractivity contribution in [3.8, 4) is 0 Å². The third-order valence-electron chi connectivity index (χ3n) is 3.00. The average molecular weight is 351 g/mol. The summed E-state index contributed by atoms with van der Waals surface area (Å²) in [6.07, 6.45) is 0. The van der Waals surface area contributed by atoms with Crippen LogP contribution in [0.15, 0.2) is 51.8 Å². The van der Waals surface area contributed by atoms with E-state index in [2.05, 4.69) is 15.9 Å². The first-order chi connectivity index (χ1) is 9.47. The predicted octanol–water partition coefficient (Wildman–Crippen LogP) is 4.06. The average Bonchev–Trinajstić information content (AvgIpc) is 2.39. The lowest BCUT2D eigenvalue weighted by Gasteiger charge is -2.06. The first-order valence-electron chi connectivity index (χ1n) is 6.22. The van der Waals surface area contributed by atoms with Gasteiger partial charge in [-0.25, -0.2) is 0 Å². The maximum atomic E-state index is 12.3. The van der Waals surface area contributed by atoms with Crippen molar-refractivity contribution in [1.29, 1.82) is 0 Å². The van der Waals surface area contributed by atoms with Crippen LogP contribution in [0.4, 0.5) is 0 Å². The second-order valence-electron chi connectivity index (χ2n) is 4.69. The molecule has 20 heavy (non-hydrogen) atoms. The summed E-state index contributed by atoms with van der Waals surface area (Å²) in [5.41, 5.74) is 2.68. The number of aryl methyl sites for hydroxylation is 2. The molecule has 104 valence electrons. The SMILES string of the molecule is Cc1ccc(S(=O)CC(=O)c2ccc(Br)cc2)c(C)c1. The highest BCUT2D eigenvalue weighted by Gasteiger charge is 2.14. The Hall–Kier alpha value is -1.26. The van der Waals surface area contributed by atoms with Gasteiger partial charge in [0.1, 0.15) is 0 Å². The summed E-state index contributed by atoms with van der Waals surface area (Å²) >= 11 is 3.33. The van der Waals surface area contributed by atoms with E-state index in [4.69, 9.17) is 0 Å². The number of rotatable bonds is 4. The third kappa shape index (κ3) is 3.64. The minimum atomic E-state index is -1.30. The number of Topliss-reactive ketones (excluding diaryl/α,β-unsaturated/α-hetero) is 1. The summed E-state index contributed by atoms with van der Waals surface area (Å²) < 4.78 is 13.2. The Morgan fingerprint density at radius 3 is 2.35 bits per heavy atom. The zero-order chi connectivity index (χ0) is 14.7. The fourth-order valence-corrected chi connectivity index (χ4v) is 3.43. The van der Waals surface area contributed by atoms with Gasteiger partial charge in [0.25, 0.3) is 0 Å². The lowest BCUT2D eigenvalue weighted by Crippen LogP contribution is -2.11. The predicted molar refractivity (Wildman–Crippen MR) is 85.7 cm³/mol. The normalized spacial score (nSPS) is 12.2. The highest BCUT2D eigenvalue weighted by Crippen LogP contribution is 2.17. The monoisotopic (exact) mass is 350 g/mol. The van der Waals surface area contributed by atoms with Crippen molar-refractivity contribution in [3.05, 3.63) is 63.6 Å². The van der Waals surface area contributed by atoms with Crippen LogP contribution in [0.5, 0.6) is 0 Å². The van der Waals surface area contributed by atoms with E-state index in [9.17, 15) is 9.00 Å². The number of carbonyl (C=O) groups is 1. The van der Waals surface area contributed by atoms with Crippen LogP contribution in [-0.4, -0.2) is 15.7 Å². The van der Waals surface area contributed by atoms with Gasteiger partial charge in [-0.2, -0.15) is 0 Å². The Bertz CT molecular complexity index is 663. The van der Waals surface area contributed by atoms with Crippen molar-refractivity contribution >= 4 is 32.5 Å². The molecule has 0 aliphatic rings. The molecule has 0 aromatic heterocycles. The molecule has 2 rings (SSSR count). The Kier molecular flexibility index (Phi) is 4.89. The number of halogens is 1. The van der Waals surface area contributed by atoms with Gasteiger partial charge in [0, 0.05) is 14.9 Å². The third-order valence-corrected chi connectivity index (χ3v) is 5.01. The first kappa shape index (κ1) is 15.1. The Morgan fingerprint density at radius 2 is 1.75 bits per heavy atom. The standard InChI is InChI=1S/C16H15BrO2S/c1-11-3-8-16(12(2)9-11)20(19)10-15(18)13-4-6-14(17)7-5-13/h3-9H,10H2,1-2H3. The molecule has 0 N–H and O–H groups in total. The summed E-state index contributed by atoms with van der Waals surface area (Å²) in [6, 6.07) is 12.9. The molecule has 1 atom stereocenters. The van der Waals surface area contributed by atoms with Gasteiger partial charge in [0.05, 0.1) is 16.6 Å². The van der Waals surface area contributed by atoms with Crippen LogP contribution in [0.25, 0.3) is 0 Å². The maximum Gasteiger partial charge on any atom is 0.175 e. The van der Waals surface area contributed by atoms with Gasteiger partial charge in [-0.3, -0.25) is 9.00 Å². The minimum absolute atomic E-state index is 0.0194. The lowest BCUT2D eigenvalue weighted by molar-refractivity contribution is 0.102. The Balaban J connectivity index is 2.15. The molecule has 2 nitrogen and oxygen atoms in total. The van der Waals surface area contributed by atoms with Gasteiger partial charge in [0.15, 0.2) is 5.78 Å². The van der Waals surface area contributed by atoms with Crippen LogP contribution >= 0.6 is 15.9 Å². The number of benzene rings is 2. The molecule has 0 radical (unpaired) electrons. The maximum absolute atomic E-state index is 12.3. The highest BCUT2D eigenvalue weighted by atomic mass is 79.9. The van der Waals surface area contributed by atoms with Gasteiger partial charge in [0.2, 0.25) is 0 Å². The molecule has 0 heterocycles. The second kappa shape index (κ2) is 6.46. The molecule has 4 heteroatoms. The molecule has 0 aliphatic heterocycles. The van der Waals surface area contributed by atoms with E-state index in [-0.39, 0.29) is 11.5 Å². The largest absolute Gasteiger partial charge is 0.293 e. The van der Waals surface area contributed by atoms with Gasteiger partial charge in [-0.15, -0.1) is 0 Å². The van der Waals surface area contributed by atoms with E-state index in [0.717, 1.165) is 20.5 Å². The molecular formula is C16H15BrO2S. The lowest BCUT2D eigenvalue weighted by atomic mass is 10.1. The molecule has 0 amide bonds. The summed E-state index contributed by atoms with van der Waals surface area (Å²) in [4.78, 5) is 12.8. The molecule has 0 saturated heterocycles. The summed E-state index contributed by atoms with van der Waals surface area (Å²) in [5, 5.41) is 0. The van der Waals surface area contributed by atoms with Crippen molar-refractivity contribution in [2.75, 3.05) is 5.75 Å². The van der Waals surface area contributed by atoms with E-state index >= 15 is 0 Å². The van der Waals surface area contributed by atoms with E-state index in [0.29, 0.717) is 5.56 Å². The smallest absolute Gasteiger partial charge is 0.175 e. The molecule has 1 unspecified atom stereocenters. The van der Waals surface area contributed by atoms with Gasteiger partial charge < -0.3 is 0 Å². The van der Waals surface area contributed by atoms with Gasteiger partial charge in [-0.1, -0.05) is 45.8 Å². The van der Waals surface area contributed by atoms with E-state index in [1.54, 1.807) is 12.1 Å². The number of hydrogen-bond donors (Lipinski definition) is 0. The van der Waals surface area contributed by atoms with Crippen LogP contribution in [0.3, 0.4) is 0 Å². The number of ketones is 1. The van der Waals surface area contributed by atoms with Gasteiger partial charge in [-0.05, 0) is 37.6 Å². The fourth-order valence-electron chi connectivity index (χ4n) is 1.97. The topological polar surface area (TPSA) is 34.1 Å². The van der Waals surface area contributed by atoms with Gasteiger partial charge >= 0.3 is 0 Å². The van der Waals surface area contributed by atoms with E-state index < -0.39 is 10.8 Å². The molecular weight excluding hydrogens is 336 g/mol. The van der Waals surface area contributed by atoms with Crippen LogP contribution in [0.1, 0.15) is 21.5 Å². The molecule has 0 bridgehead atoms.